The summed E-state index contributed by atoms with van der Waals surface area (Å²) in [5, 5.41) is 15.0. The van der Waals surface area contributed by atoms with Crippen molar-refractivity contribution in [2.24, 2.45) is 5.73 Å². The van der Waals surface area contributed by atoms with Crippen LogP contribution in [0, 0.1) is 10.1 Å². The molecule has 0 unspecified atom stereocenters. The molecule has 0 heterocycles. The van der Waals surface area contributed by atoms with E-state index in [-0.39, 0.29) is 17.8 Å². The molecule has 51 heavy (non-hydrogen) atoms. The average Bonchev–Trinajstić information content (AvgIpc) is 3.14. The lowest BCUT2D eigenvalue weighted by molar-refractivity contribution is -0.383. The van der Waals surface area contributed by atoms with Crippen LogP contribution in [0.5, 0.6) is 5.75 Å². The smallest absolute Gasteiger partial charge is 0.405 e. The Kier molecular flexibility index (Phi) is 12.3. The van der Waals surface area contributed by atoms with Gasteiger partial charge < -0.3 is 20.5 Å². The predicted octanol–water partition coefficient (Wildman–Crippen LogP) is 6.45. The first-order valence-electron chi connectivity index (χ1n) is 16.0. The maximum atomic E-state index is 13.6. The van der Waals surface area contributed by atoms with Crippen LogP contribution >= 0.6 is 0 Å². The molecule has 0 radical (unpaired) electrons. The zero-order chi connectivity index (χ0) is 36.2. The molecule has 1 atom stereocenters. The normalized spacial score (nSPS) is 11.4. The third kappa shape index (κ3) is 10.2. The summed E-state index contributed by atoms with van der Waals surface area (Å²) in [4.78, 5) is 36.6. The van der Waals surface area contributed by atoms with Crippen LogP contribution in [-0.2, 0) is 39.9 Å². The third-order valence-corrected chi connectivity index (χ3v) is 8.69. The van der Waals surface area contributed by atoms with Crippen molar-refractivity contribution in [2.45, 2.75) is 32.0 Å². The van der Waals surface area contributed by atoms with Crippen LogP contribution in [0.2, 0.25) is 0 Å². The fourth-order valence-corrected chi connectivity index (χ4v) is 6.00. The van der Waals surface area contributed by atoms with Gasteiger partial charge in [-0.2, -0.15) is 0 Å². The van der Waals surface area contributed by atoms with Crippen LogP contribution in [0.3, 0.4) is 0 Å². The number of nitrogens with two attached hydrogens (primary N) is 1. The van der Waals surface area contributed by atoms with Gasteiger partial charge in [0.1, 0.15) is 18.0 Å². The molecule has 2 amide bonds. The van der Waals surface area contributed by atoms with E-state index in [2.05, 4.69) is 5.32 Å². The Bertz CT molecular complexity index is 2020. The molecule has 12 nitrogen and oxygen atoms in total. The van der Waals surface area contributed by atoms with Crippen molar-refractivity contribution in [2.75, 3.05) is 16.2 Å². The Morgan fingerprint density at radius 2 is 1.43 bits per heavy atom. The van der Waals surface area contributed by atoms with E-state index in [0.717, 1.165) is 34.7 Å². The quantitative estimate of drug-likeness (QED) is 0.0451. The zero-order valence-electron chi connectivity index (χ0n) is 27.4. The number of thiol groups is 1. The summed E-state index contributed by atoms with van der Waals surface area (Å²) in [6.07, 6.45) is -1.75. The van der Waals surface area contributed by atoms with E-state index in [0.29, 0.717) is 35.2 Å². The predicted molar refractivity (Wildman–Crippen MR) is 195 cm³/mol. The van der Waals surface area contributed by atoms with E-state index in [4.69, 9.17) is 15.2 Å². The fraction of sp³-hybridized carbons (Fsp3) is 0.158. The summed E-state index contributed by atoms with van der Waals surface area (Å²) in [7, 11) is -3.65. The monoisotopic (exact) mass is 708 g/mol. The van der Waals surface area contributed by atoms with Crippen LogP contribution in [0.25, 0.3) is 11.1 Å². The Morgan fingerprint density at radius 3 is 2.06 bits per heavy atom. The number of hydrogen-bond donors (Lipinski definition) is 3. The van der Waals surface area contributed by atoms with Gasteiger partial charge in [-0.25, -0.2) is 17.5 Å². The molecule has 5 aromatic rings. The number of primary amides is 1. The number of ether oxygens (including phenoxy) is 2. The molecular formula is C38H36N4O8S. The maximum absolute atomic E-state index is 13.6. The highest BCUT2D eigenvalue weighted by Gasteiger charge is 2.32. The number of carbonyl (C=O) groups is 2. The lowest BCUT2D eigenvalue weighted by atomic mass is 10.0. The lowest BCUT2D eigenvalue weighted by Crippen LogP contribution is -2.42. The number of hydrogen-bond acceptors (Lipinski definition) is 9. The van der Waals surface area contributed by atoms with Crippen molar-refractivity contribution in [3.8, 4) is 16.9 Å². The number of nitrogens with zero attached hydrogens (tertiary/aromatic N) is 2. The summed E-state index contributed by atoms with van der Waals surface area (Å²) >= 11 is 0. The molecular weight excluding hydrogens is 673 g/mol. The molecule has 5 aromatic carbocycles. The molecule has 0 aromatic heterocycles. The van der Waals surface area contributed by atoms with E-state index >= 15 is 0 Å². The van der Waals surface area contributed by atoms with Gasteiger partial charge in [-0.05, 0) is 64.9 Å². The zero-order valence-corrected chi connectivity index (χ0v) is 28.3. The number of nitro benzene ring substituents is 1. The van der Waals surface area contributed by atoms with Gasteiger partial charge in [0.2, 0.25) is 10.9 Å². The molecule has 0 spiro atoms. The number of benzene rings is 5. The molecule has 0 saturated heterocycles. The van der Waals surface area contributed by atoms with Crippen molar-refractivity contribution in [1.29, 1.82) is 0 Å². The first-order valence-corrected chi connectivity index (χ1v) is 17.2. The molecule has 5 rings (SSSR count). The molecule has 13 heteroatoms. The first-order chi connectivity index (χ1) is 24.7. The minimum atomic E-state index is -3.65. The second kappa shape index (κ2) is 17.4. The van der Waals surface area contributed by atoms with E-state index in [1.807, 2.05) is 84.9 Å². The summed E-state index contributed by atoms with van der Waals surface area (Å²) in [5.41, 5.74) is 9.45. The minimum Gasteiger partial charge on any atom is -0.489 e. The highest BCUT2D eigenvalue weighted by Crippen LogP contribution is 2.31. The number of anilines is 2. The number of nitro groups is 1. The van der Waals surface area contributed by atoms with Crippen LogP contribution in [0.15, 0.2) is 127 Å². The van der Waals surface area contributed by atoms with Crippen molar-refractivity contribution >= 4 is 40.0 Å². The van der Waals surface area contributed by atoms with Crippen molar-refractivity contribution in [3.63, 3.8) is 0 Å². The Balaban J connectivity index is 1.24. The molecule has 0 aliphatic rings. The summed E-state index contributed by atoms with van der Waals surface area (Å²) in [6, 6.07) is 37.9. The first kappa shape index (κ1) is 36.1. The molecule has 0 aliphatic carbocycles. The average molecular weight is 709 g/mol. The number of aryl methyl sites for hydroxylation is 1. The molecule has 0 aliphatic heterocycles. The van der Waals surface area contributed by atoms with Gasteiger partial charge in [0.25, 0.3) is 11.6 Å². The van der Waals surface area contributed by atoms with Crippen molar-refractivity contribution in [3.05, 3.63) is 154 Å². The van der Waals surface area contributed by atoms with Gasteiger partial charge >= 0.3 is 6.09 Å². The summed E-state index contributed by atoms with van der Waals surface area (Å²) < 4.78 is 36.1. The van der Waals surface area contributed by atoms with Crippen molar-refractivity contribution in [1.82, 2.24) is 0 Å². The van der Waals surface area contributed by atoms with E-state index in [1.54, 1.807) is 24.3 Å². The number of carbonyl (C=O) groups excluding carboxylic acids is 2. The third-order valence-electron chi connectivity index (χ3n) is 7.94. The van der Waals surface area contributed by atoms with Gasteiger partial charge in [0, 0.05) is 19.0 Å². The Labute approximate surface area is 296 Å². The number of nitrogens with one attached hydrogen (secondary N) is 1. The second-order valence-corrected chi connectivity index (χ2v) is 12.4. The van der Waals surface area contributed by atoms with Gasteiger partial charge in [-0.15, -0.1) is 0 Å². The van der Waals surface area contributed by atoms with Crippen LogP contribution in [0.1, 0.15) is 23.1 Å². The van der Waals surface area contributed by atoms with E-state index in [1.165, 1.54) is 12.1 Å². The highest BCUT2D eigenvalue weighted by atomic mass is 32.2. The van der Waals surface area contributed by atoms with E-state index < -0.39 is 39.6 Å². The fourth-order valence-electron chi connectivity index (χ4n) is 5.40. The maximum Gasteiger partial charge on any atom is 0.405 e. The van der Waals surface area contributed by atoms with Gasteiger partial charge in [0.15, 0.2) is 6.10 Å². The molecule has 0 bridgehead atoms. The highest BCUT2D eigenvalue weighted by molar-refractivity contribution is 7.75. The Morgan fingerprint density at radius 1 is 0.804 bits per heavy atom. The van der Waals surface area contributed by atoms with Crippen molar-refractivity contribution < 1.29 is 32.4 Å². The van der Waals surface area contributed by atoms with Crippen LogP contribution < -0.4 is 20.1 Å². The van der Waals surface area contributed by atoms with Crippen LogP contribution in [0.4, 0.5) is 21.9 Å². The topological polar surface area (TPSA) is 171 Å². The summed E-state index contributed by atoms with van der Waals surface area (Å²) in [6.45, 7) is 0.716. The minimum absolute atomic E-state index is 0.154. The van der Waals surface area contributed by atoms with Gasteiger partial charge in [-0.1, -0.05) is 97.1 Å². The second-order valence-electron chi connectivity index (χ2n) is 11.5. The lowest BCUT2D eigenvalue weighted by Gasteiger charge is -2.22. The largest absolute Gasteiger partial charge is 0.489 e. The van der Waals surface area contributed by atoms with E-state index in [9.17, 15) is 28.1 Å². The standard InChI is InChI=1S/C38H36N4O8S/c39-38(44)50-36(24-28-15-20-33(21-16-28)49-26-29-13-17-31(18-14-29)30-11-5-2-6-12-30)37(43)41(51(47)48)32-19-22-34(35(25-32)42(45)46)40-23-7-10-27-8-3-1-4-9-27/h1-6,8-9,11-22,25,36,40,51H,7,10,23-24,26H2,(H2,39,44)/t36-/m0/s1. The van der Waals surface area contributed by atoms with Crippen LogP contribution in [-0.4, -0.2) is 38.0 Å². The SMILES string of the molecule is NC(=O)O[C@@H](Cc1ccc(OCc2ccc(-c3ccccc3)cc2)cc1)C(=O)N(c1ccc(NCCCc2ccccc2)c([N+](=O)[O-])c1)[SH](=O)=O. The number of rotatable bonds is 16. The summed E-state index contributed by atoms with van der Waals surface area (Å²) in [5.74, 6) is -0.614. The Hall–Kier alpha value is -6.21. The molecule has 3 N–H and O–H groups in total. The van der Waals surface area contributed by atoms with Gasteiger partial charge in [-0.3, -0.25) is 14.9 Å². The van der Waals surface area contributed by atoms with Gasteiger partial charge in [0.05, 0.1) is 10.6 Å². The number of amides is 2. The molecule has 262 valence electrons. The molecule has 0 fully saturated rings. The molecule has 0 saturated carbocycles.